The number of hydrogen-bond acceptors (Lipinski definition) is 3. The lowest BCUT2D eigenvalue weighted by Crippen LogP contribution is -2.14. The third kappa shape index (κ3) is 2.67. The Morgan fingerprint density at radius 1 is 1.53 bits per heavy atom. The summed E-state index contributed by atoms with van der Waals surface area (Å²) in [5.74, 6) is 0.819. The highest BCUT2D eigenvalue weighted by Gasteiger charge is 2.22. The van der Waals surface area contributed by atoms with E-state index in [2.05, 4.69) is 6.07 Å². The first kappa shape index (κ1) is 12.1. The van der Waals surface area contributed by atoms with Crippen molar-refractivity contribution >= 4 is 5.97 Å². The van der Waals surface area contributed by atoms with Crippen LogP contribution in [-0.2, 0) is 11.2 Å². The lowest BCUT2D eigenvalue weighted by atomic mass is 9.81. The van der Waals surface area contributed by atoms with Gasteiger partial charge in [0.05, 0.1) is 0 Å². The third-order valence-corrected chi connectivity index (χ3v) is 3.32. The van der Waals surface area contributed by atoms with E-state index >= 15 is 0 Å². The minimum atomic E-state index is -0.275. The maximum atomic E-state index is 11.0. The van der Waals surface area contributed by atoms with Gasteiger partial charge in [0.25, 0.3) is 0 Å². The van der Waals surface area contributed by atoms with Crippen LogP contribution in [0.2, 0.25) is 0 Å². The summed E-state index contributed by atoms with van der Waals surface area (Å²) in [5.41, 5.74) is 2.39. The highest BCUT2D eigenvalue weighted by Crippen LogP contribution is 2.38. The molecule has 0 fully saturated rings. The zero-order chi connectivity index (χ0) is 12.3. The van der Waals surface area contributed by atoms with E-state index in [-0.39, 0.29) is 12.6 Å². The van der Waals surface area contributed by atoms with Gasteiger partial charge in [0.15, 0.2) is 0 Å². The number of esters is 1. The molecule has 0 saturated heterocycles. The molecule has 1 aliphatic rings. The SMILES string of the molecule is CC(=O)Oc1cccc2c1CCCC2CCO. The number of hydrogen-bond donors (Lipinski definition) is 1. The van der Waals surface area contributed by atoms with Crippen molar-refractivity contribution in [1.82, 2.24) is 0 Å². The average molecular weight is 234 g/mol. The predicted molar refractivity (Wildman–Crippen MR) is 65.1 cm³/mol. The maximum Gasteiger partial charge on any atom is 0.308 e. The molecule has 0 spiro atoms. The Balaban J connectivity index is 2.33. The first-order chi connectivity index (χ1) is 8.22. The summed E-state index contributed by atoms with van der Waals surface area (Å²) in [6.45, 7) is 1.63. The molecule has 1 aromatic carbocycles. The molecule has 0 aliphatic heterocycles. The van der Waals surface area contributed by atoms with E-state index in [1.807, 2.05) is 12.1 Å². The minimum absolute atomic E-state index is 0.210. The van der Waals surface area contributed by atoms with Crippen molar-refractivity contribution in [1.29, 1.82) is 0 Å². The predicted octanol–water partition coefficient (Wildman–Crippen LogP) is 2.41. The van der Waals surface area contributed by atoms with Crippen LogP contribution in [0, 0.1) is 0 Å². The first-order valence-electron chi connectivity index (χ1n) is 6.13. The first-order valence-corrected chi connectivity index (χ1v) is 6.13. The molecule has 0 amide bonds. The number of ether oxygens (including phenoxy) is 1. The van der Waals surface area contributed by atoms with Gasteiger partial charge in [0, 0.05) is 13.5 Å². The number of rotatable bonds is 3. The van der Waals surface area contributed by atoms with Crippen LogP contribution in [0.5, 0.6) is 5.75 Å². The van der Waals surface area contributed by atoms with Crippen molar-refractivity contribution in [2.75, 3.05) is 6.61 Å². The minimum Gasteiger partial charge on any atom is -0.426 e. The van der Waals surface area contributed by atoms with Gasteiger partial charge in [0.1, 0.15) is 5.75 Å². The standard InChI is InChI=1S/C14H18O3/c1-10(16)17-14-7-3-5-12-11(8-9-15)4-2-6-13(12)14/h3,5,7,11,15H,2,4,6,8-9H2,1H3. The Morgan fingerprint density at radius 3 is 3.06 bits per heavy atom. The maximum absolute atomic E-state index is 11.0. The number of aliphatic hydroxyl groups is 1. The molecule has 0 bridgehead atoms. The van der Waals surface area contributed by atoms with Crippen LogP contribution >= 0.6 is 0 Å². The van der Waals surface area contributed by atoms with Crippen LogP contribution in [0.15, 0.2) is 18.2 Å². The number of carbonyl (C=O) groups is 1. The van der Waals surface area contributed by atoms with Gasteiger partial charge in [-0.3, -0.25) is 4.79 Å². The lowest BCUT2D eigenvalue weighted by Gasteiger charge is -2.26. The van der Waals surface area contributed by atoms with E-state index in [1.165, 1.54) is 12.5 Å². The van der Waals surface area contributed by atoms with Crippen molar-refractivity contribution in [3.63, 3.8) is 0 Å². The number of benzene rings is 1. The Labute approximate surface area is 101 Å². The molecule has 0 radical (unpaired) electrons. The van der Waals surface area contributed by atoms with E-state index in [0.29, 0.717) is 11.7 Å². The summed E-state index contributed by atoms with van der Waals surface area (Å²) in [6, 6.07) is 5.86. The van der Waals surface area contributed by atoms with Crippen LogP contribution in [0.3, 0.4) is 0 Å². The Kier molecular flexibility index (Phi) is 3.79. The molecule has 0 saturated carbocycles. The number of aliphatic hydroxyl groups excluding tert-OH is 1. The van der Waals surface area contributed by atoms with Crippen molar-refractivity contribution in [2.24, 2.45) is 0 Å². The van der Waals surface area contributed by atoms with Gasteiger partial charge in [0.2, 0.25) is 0 Å². The second-order valence-corrected chi connectivity index (χ2v) is 4.52. The molecule has 0 aromatic heterocycles. The van der Waals surface area contributed by atoms with Gasteiger partial charge < -0.3 is 9.84 Å². The van der Waals surface area contributed by atoms with Gasteiger partial charge in [-0.2, -0.15) is 0 Å². The summed E-state index contributed by atoms with van der Waals surface area (Å²) < 4.78 is 5.24. The monoisotopic (exact) mass is 234 g/mol. The Hall–Kier alpha value is -1.35. The molecule has 2 rings (SSSR count). The van der Waals surface area contributed by atoms with Crippen molar-refractivity contribution < 1.29 is 14.6 Å². The van der Waals surface area contributed by atoms with Crippen molar-refractivity contribution in [3.8, 4) is 5.75 Å². The molecule has 1 atom stereocenters. The largest absolute Gasteiger partial charge is 0.426 e. The van der Waals surface area contributed by atoms with E-state index < -0.39 is 0 Å². The molecule has 1 unspecified atom stereocenters. The second-order valence-electron chi connectivity index (χ2n) is 4.52. The summed E-state index contributed by atoms with van der Waals surface area (Å²) >= 11 is 0. The van der Waals surface area contributed by atoms with Gasteiger partial charge >= 0.3 is 5.97 Å². The molecule has 17 heavy (non-hydrogen) atoms. The zero-order valence-electron chi connectivity index (χ0n) is 10.1. The van der Waals surface area contributed by atoms with Crippen LogP contribution in [-0.4, -0.2) is 17.7 Å². The van der Waals surface area contributed by atoms with Crippen LogP contribution in [0.4, 0.5) is 0 Å². The zero-order valence-corrected chi connectivity index (χ0v) is 10.1. The second kappa shape index (κ2) is 5.32. The summed E-state index contributed by atoms with van der Waals surface area (Å²) in [6.07, 6.45) is 3.95. The van der Waals surface area contributed by atoms with E-state index in [0.717, 1.165) is 31.2 Å². The lowest BCUT2D eigenvalue weighted by molar-refractivity contribution is -0.131. The van der Waals surface area contributed by atoms with Gasteiger partial charge in [-0.25, -0.2) is 0 Å². The highest BCUT2D eigenvalue weighted by molar-refractivity contribution is 5.70. The highest BCUT2D eigenvalue weighted by atomic mass is 16.5. The van der Waals surface area contributed by atoms with Gasteiger partial charge in [-0.05, 0) is 48.8 Å². The Morgan fingerprint density at radius 2 is 2.35 bits per heavy atom. The smallest absolute Gasteiger partial charge is 0.308 e. The quantitative estimate of drug-likeness (QED) is 0.645. The average Bonchev–Trinajstić information content (AvgIpc) is 2.30. The van der Waals surface area contributed by atoms with Crippen LogP contribution in [0.25, 0.3) is 0 Å². The fraction of sp³-hybridized carbons (Fsp3) is 0.500. The van der Waals surface area contributed by atoms with Gasteiger partial charge in [-0.1, -0.05) is 12.1 Å². The molecule has 92 valence electrons. The molecule has 1 aliphatic carbocycles. The molecular weight excluding hydrogens is 216 g/mol. The summed E-state index contributed by atoms with van der Waals surface area (Å²) in [7, 11) is 0. The van der Waals surface area contributed by atoms with E-state index in [1.54, 1.807) is 0 Å². The van der Waals surface area contributed by atoms with Crippen molar-refractivity contribution in [3.05, 3.63) is 29.3 Å². The molecule has 3 heteroatoms. The fourth-order valence-corrected chi connectivity index (χ4v) is 2.62. The number of fused-ring (bicyclic) bond motifs is 1. The summed E-state index contributed by atoms with van der Waals surface area (Å²) in [5, 5.41) is 9.07. The molecule has 3 nitrogen and oxygen atoms in total. The van der Waals surface area contributed by atoms with E-state index in [4.69, 9.17) is 9.84 Å². The van der Waals surface area contributed by atoms with Crippen LogP contribution in [0.1, 0.15) is 43.2 Å². The fourth-order valence-electron chi connectivity index (χ4n) is 2.62. The number of carbonyl (C=O) groups excluding carboxylic acids is 1. The molecular formula is C14H18O3. The van der Waals surface area contributed by atoms with Gasteiger partial charge in [-0.15, -0.1) is 0 Å². The topological polar surface area (TPSA) is 46.5 Å². The molecule has 1 aromatic rings. The van der Waals surface area contributed by atoms with Crippen LogP contribution < -0.4 is 4.74 Å². The van der Waals surface area contributed by atoms with Crippen molar-refractivity contribution in [2.45, 2.75) is 38.5 Å². The van der Waals surface area contributed by atoms with E-state index in [9.17, 15) is 4.79 Å². The molecule has 0 heterocycles. The summed E-state index contributed by atoms with van der Waals surface area (Å²) in [4.78, 5) is 11.0. The Bertz CT molecular complexity index is 412. The molecule has 1 N–H and O–H groups in total. The third-order valence-electron chi connectivity index (χ3n) is 3.32. The normalized spacial score (nSPS) is 18.6.